The average molecular weight is 572 g/mol. The summed E-state index contributed by atoms with van der Waals surface area (Å²) in [5.41, 5.74) is 7.75. The third-order valence-electron chi connectivity index (χ3n) is 8.84. The fourth-order valence-electron chi connectivity index (χ4n) is 6.95. The van der Waals surface area contributed by atoms with Crippen molar-refractivity contribution in [2.75, 3.05) is 0 Å². The maximum atomic E-state index is 13.5. The van der Waals surface area contributed by atoms with E-state index in [0.29, 0.717) is 0 Å². The zero-order valence-electron chi connectivity index (χ0n) is 23.0. The number of hydrogen-bond donors (Lipinski definition) is 0. The van der Waals surface area contributed by atoms with Crippen LogP contribution in [0.25, 0.3) is 91.5 Å². The van der Waals surface area contributed by atoms with E-state index in [1.165, 1.54) is 16.3 Å². The Morgan fingerprint density at radius 1 is 0.558 bits per heavy atom. The van der Waals surface area contributed by atoms with E-state index in [4.69, 9.17) is 8.83 Å². The summed E-state index contributed by atoms with van der Waals surface area (Å²) in [4.78, 5) is 13.5. The Balaban J connectivity index is 1.35. The van der Waals surface area contributed by atoms with Crippen molar-refractivity contribution in [1.82, 2.24) is 4.57 Å². The van der Waals surface area contributed by atoms with Crippen molar-refractivity contribution in [3.05, 3.63) is 125 Å². The SMILES string of the molecule is Cc1ccc2c3c4c(ccc3n(-c3cccc5c3oc3cc6sc7ccccc7c(=O)c6cc35)c2c1)oc1ccccc14. The first kappa shape index (κ1) is 23.2. The van der Waals surface area contributed by atoms with Crippen molar-refractivity contribution in [2.45, 2.75) is 6.92 Å². The second-order valence-electron chi connectivity index (χ2n) is 11.3. The minimum atomic E-state index is 0.0611. The van der Waals surface area contributed by atoms with Crippen molar-refractivity contribution in [2.24, 2.45) is 0 Å². The predicted molar refractivity (Wildman–Crippen MR) is 179 cm³/mol. The average Bonchev–Trinajstić information content (AvgIpc) is 3.69. The van der Waals surface area contributed by atoms with Gasteiger partial charge in [0.2, 0.25) is 0 Å². The number of aromatic nitrogens is 1. The molecule has 202 valence electrons. The molecule has 0 radical (unpaired) electrons. The molecule has 0 aliphatic rings. The largest absolute Gasteiger partial charge is 0.456 e. The van der Waals surface area contributed by atoms with Gasteiger partial charge in [-0.15, -0.1) is 11.3 Å². The maximum absolute atomic E-state index is 13.5. The van der Waals surface area contributed by atoms with Crippen LogP contribution in [0.15, 0.2) is 123 Å². The van der Waals surface area contributed by atoms with Crippen LogP contribution in [0.4, 0.5) is 0 Å². The summed E-state index contributed by atoms with van der Waals surface area (Å²) in [5.74, 6) is 0. The molecule has 4 aromatic heterocycles. The highest BCUT2D eigenvalue weighted by atomic mass is 32.1. The number of hydrogen-bond acceptors (Lipinski definition) is 4. The standard InChI is InChI=1S/C38H21NO3S/c1-20-13-14-22-29(17-20)39(27-15-16-31-36(35(22)27)23-7-2-4-11-30(23)41-31)28-10-6-9-21-25-18-26-34(19-32(25)42-38(21)28)43-33-12-5-3-8-24(33)37(26)40/h2-19H,1H3. The fraction of sp³-hybridized carbons (Fsp3) is 0.0263. The van der Waals surface area contributed by atoms with Crippen molar-refractivity contribution < 1.29 is 8.83 Å². The van der Waals surface area contributed by atoms with Crippen LogP contribution in [-0.4, -0.2) is 4.57 Å². The van der Waals surface area contributed by atoms with Gasteiger partial charge in [0.05, 0.1) is 16.7 Å². The highest BCUT2D eigenvalue weighted by Gasteiger charge is 2.22. The molecule has 0 unspecified atom stereocenters. The summed E-state index contributed by atoms with van der Waals surface area (Å²) >= 11 is 1.63. The van der Waals surface area contributed by atoms with Crippen LogP contribution in [0.5, 0.6) is 0 Å². The molecule has 10 rings (SSSR count). The summed E-state index contributed by atoms with van der Waals surface area (Å²) in [6, 6.07) is 37.3. The number of fused-ring (bicyclic) bond motifs is 12. The normalized spacial score (nSPS) is 12.4. The van der Waals surface area contributed by atoms with E-state index in [-0.39, 0.29) is 5.43 Å². The molecule has 0 saturated carbocycles. The van der Waals surface area contributed by atoms with E-state index in [1.54, 1.807) is 11.3 Å². The second-order valence-corrected chi connectivity index (χ2v) is 12.4. The second kappa shape index (κ2) is 8.12. The lowest BCUT2D eigenvalue weighted by Crippen LogP contribution is -2.00. The van der Waals surface area contributed by atoms with Crippen LogP contribution in [-0.2, 0) is 0 Å². The molecule has 0 aliphatic carbocycles. The van der Waals surface area contributed by atoms with Gasteiger partial charge in [0.1, 0.15) is 16.7 Å². The van der Waals surface area contributed by atoms with Gasteiger partial charge in [0.15, 0.2) is 11.0 Å². The highest BCUT2D eigenvalue weighted by molar-refractivity contribution is 7.24. The van der Waals surface area contributed by atoms with Gasteiger partial charge < -0.3 is 13.4 Å². The molecule has 4 heterocycles. The first-order valence-corrected chi connectivity index (χ1v) is 15.1. The summed E-state index contributed by atoms with van der Waals surface area (Å²) in [6.07, 6.45) is 0. The Morgan fingerprint density at radius 3 is 2.33 bits per heavy atom. The Kier molecular flexibility index (Phi) is 4.38. The van der Waals surface area contributed by atoms with Gasteiger partial charge in [-0.1, -0.05) is 54.6 Å². The Bertz CT molecular complexity index is 2880. The lowest BCUT2D eigenvalue weighted by atomic mass is 10.0. The quantitative estimate of drug-likeness (QED) is 0.184. The number of benzene rings is 6. The minimum Gasteiger partial charge on any atom is -0.456 e. The van der Waals surface area contributed by atoms with Crippen LogP contribution in [0, 0.1) is 6.92 Å². The minimum absolute atomic E-state index is 0.0611. The van der Waals surface area contributed by atoms with E-state index in [0.717, 1.165) is 80.8 Å². The van der Waals surface area contributed by atoms with Gasteiger partial charge in [0, 0.05) is 52.5 Å². The fourth-order valence-corrected chi connectivity index (χ4v) is 8.03. The number of nitrogens with zero attached hydrogens (tertiary/aromatic N) is 1. The van der Waals surface area contributed by atoms with Crippen LogP contribution in [0.3, 0.4) is 0 Å². The van der Waals surface area contributed by atoms with E-state index in [1.807, 2.05) is 48.5 Å². The predicted octanol–water partition coefficient (Wildman–Crippen LogP) is 10.6. The molecule has 0 bridgehead atoms. The van der Waals surface area contributed by atoms with Crippen LogP contribution < -0.4 is 5.43 Å². The van der Waals surface area contributed by atoms with E-state index >= 15 is 0 Å². The van der Waals surface area contributed by atoms with Crippen molar-refractivity contribution in [3.63, 3.8) is 0 Å². The molecule has 0 atom stereocenters. The number of para-hydroxylation sites is 2. The number of rotatable bonds is 1. The molecule has 5 heteroatoms. The summed E-state index contributed by atoms with van der Waals surface area (Å²) in [6.45, 7) is 2.13. The van der Waals surface area contributed by atoms with Crippen molar-refractivity contribution >= 4 is 97.2 Å². The Hall–Kier alpha value is -5.39. The Morgan fingerprint density at radius 2 is 1.40 bits per heavy atom. The summed E-state index contributed by atoms with van der Waals surface area (Å²) in [7, 11) is 0. The third-order valence-corrected chi connectivity index (χ3v) is 9.97. The topological polar surface area (TPSA) is 48.3 Å². The molecule has 10 aromatic rings. The monoisotopic (exact) mass is 571 g/mol. The van der Waals surface area contributed by atoms with Gasteiger partial charge in [-0.05, 0) is 67.1 Å². The number of furan rings is 2. The molecule has 0 amide bonds. The van der Waals surface area contributed by atoms with Crippen LogP contribution in [0.2, 0.25) is 0 Å². The molecular formula is C38H21NO3S. The first-order chi connectivity index (χ1) is 21.1. The summed E-state index contributed by atoms with van der Waals surface area (Å²) in [5, 5.41) is 7.99. The van der Waals surface area contributed by atoms with Gasteiger partial charge in [-0.3, -0.25) is 4.79 Å². The number of aryl methyl sites for hydroxylation is 1. The molecule has 0 N–H and O–H groups in total. The van der Waals surface area contributed by atoms with Gasteiger partial charge >= 0.3 is 0 Å². The van der Waals surface area contributed by atoms with E-state index in [9.17, 15) is 4.79 Å². The molecule has 0 aliphatic heterocycles. The van der Waals surface area contributed by atoms with Gasteiger partial charge in [-0.25, -0.2) is 0 Å². The molecule has 43 heavy (non-hydrogen) atoms. The van der Waals surface area contributed by atoms with E-state index < -0.39 is 0 Å². The van der Waals surface area contributed by atoms with Crippen LogP contribution in [0.1, 0.15) is 5.56 Å². The highest BCUT2D eigenvalue weighted by Crippen LogP contribution is 2.43. The molecule has 6 aromatic carbocycles. The first-order valence-electron chi connectivity index (χ1n) is 14.3. The van der Waals surface area contributed by atoms with Crippen molar-refractivity contribution in [3.8, 4) is 5.69 Å². The third kappa shape index (κ3) is 3.01. The summed E-state index contributed by atoms with van der Waals surface area (Å²) < 4.78 is 17.2. The molecule has 0 fully saturated rings. The zero-order valence-corrected chi connectivity index (χ0v) is 23.8. The van der Waals surface area contributed by atoms with E-state index in [2.05, 4.69) is 72.2 Å². The Labute approximate surface area is 247 Å². The maximum Gasteiger partial charge on any atom is 0.195 e. The lowest BCUT2D eigenvalue weighted by Gasteiger charge is -2.09. The molecule has 4 nitrogen and oxygen atoms in total. The smallest absolute Gasteiger partial charge is 0.195 e. The zero-order chi connectivity index (χ0) is 28.4. The molecule has 0 saturated heterocycles. The van der Waals surface area contributed by atoms with Crippen LogP contribution >= 0.6 is 11.3 Å². The van der Waals surface area contributed by atoms with Gasteiger partial charge in [0.25, 0.3) is 0 Å². The van der Waals surface area contributed by atoms with Crippen molar-refractivity contribution in [1.29, 1.82) is 0 Å². The lowest BCUT2D eigenvalue weighted by molar-refractivity contribution is 0.667. The molecule has 0 spiro atoms. The molecular weight excluding hydrogens is 550 g/mol. The van der Waals surface area contributed by atoms with Gasteiger partial charge in [-0.2, -0.15) is 0 Å².